The number of carboxylic acids is 1. The Morgan fingerprint density at radius 3 is 2.71 bits per heavy atom. The van der Waals surface area contributed by atoms with Crippen LogP contribution in [0.2, 0.25) is 0 Å². The van der Waals surface area contributed by atoms with E-state index in [0.29, 0.717) is 17.2 Å². The molecule has 35 heavy (non-hydrogen) atoms. The number of Topliss-reactive ketones (excluding diaryl/α,β-unsaturated/α-hetero) is 1. The molecule has 0 saturated carbocycles. The first-order chi connectivity index (χ1) is 16.8. The molecule has 1 saturated heterocycles. The minimum absolute atomic E-state index is 0.00427. The molecular weight excluding hydrogens is 478 g/mol. The number of nitrogens with one attached hydrogen (secondary N) is 2. The third-order valence-corrected chi connectivity index (χ3v) is 7.08. The van der Waals surface area contributed by atoms with Gasteiger partial charge >= 0.3 is 5.97 Å². The predicted molar refractivity (Wildman–Crippen MR) is 126 cm³/mol. The quantitative estimate of drug-likeness (QED) is 0.266. The van der Waals surface area contributed by atoms with Crippen LogP contribution in [0.3, 0.4) is 0 Å². The number of amides is 1. The van der Waals surface area contributed by atoms with E-state index in [9.17, 15) is 29.6 Å². The predicted octanol–water partition coefficient (Wildman–Crippen LogP) is 2.66. The van der Waals surface area contributed by atoms with E-state index >= 15 is 0 Å². The first-order valence-corrected chi connectivity index (χ1v) is 12.1. The molecule has 0 aliphatic carbocycles. The van der Waals surface area contributed by atoms with Gasteiger partial charge in [-0.2, -0.15) is 0 Å². The third-order valence-electron chi connectivity index (χ3n) is 5.94. The Hall–Kier alpha value is -3.35. The molecule has 2 aromatic rings. The molecule has 2 unspecified atom stereocenters. The van der Waals surface area contributed by atoms with E-state index in [2.05, 4.69) is 10.6 Å². The van der Waals surface area contributed by atoms with Crippen molar-refractivity contribution in [3.63, 3.8) is 0 Å². The van der Waals surface area contributed by atoms with Crippen LogP contribution in [0.5, 0.6) is 0 Å². The number of carbonyl (C=O) groups excluding carboxylic acids is 2. The van der Waals surface area contributed by atoms with Crippen LogP contribution in [-0.2, 0) is 38.5 Å². The Morgan fingerprint density at radius 1 is 1.20 bits per heavy atom. The molecule has 4 rings (SSSR count). The van der Waals surface area contributed by atoms with Crippen molar-refractivity contribution >= 4 is 39.7 Å². The van der Waals surface area contributed by atoms with Crippen molar-refractivity contribution in [2.45, 2.75) is 51.0 Å². The normalized spacial score (nSPS) is 19.4. The lowest BCUT2D eigenvalue weighted by molar-refractivity contribution is -0.385. The Kier molecular flexibility index (Phi) is 7.73. The summed E-state index contributed by atoms with van der Waals surface area (Å²) in [7, 11) is 0. The summed E-state index contributed by atoms with van der Waals surface area (Å²) in [6.07, 6.45) is 1.90. The summed E-state index contributed by atoms with van der Waals surface area (Å²) >= 11 is 1.33. The van der Waals surface area contributed by atoms with E-state index in [0.717, 1.165) is 24.1 Å². The fourth-order valence-corrected chi connectivity index (χ4v) is 5.37. The van der Waals surface area contributed by atoms with Crippen LogP contribution < -0.4 is 10.6 Å². The van der Waals surface area contributed by atoms with Gasteiger partial charge in [-0.25, -0.2) is 4.79 Å². The van der Waals surface area contributed by atoms with Crippen molar-refractivity contribution in [3.8, 4) is 0 Å². The number of carboxylic acid groups (broad SMARTS) is 1. The molecule has 0 spiro atoms. The number of para-hydroxylation sites is 1. The minimum atomic E-state index is -1.05. The van der Waals surface area contributed by atoms with E-state index in [1.165, 1.54) is 29.5 Å². The highest BCUT2D eigenvalue weighted by Gasteiger charge is 2.31. The zero-order valence-electron chi connectivity index (χ0n) is 18.8. The number of nitro groups is 1. The van der Waals surface area contributed by atoms with Crippen molar-refractivity contribution in [2.24, 2.45) is 0 Å². The highest BCUT2D eigenvalue weighted by molar-refractivity contribution is 7.16. The van der Waals surface area contributed by atoms with Gasteiger partial charge in [0.2, 0.25) is 5.78 Å². The Morgan fingerprint density at radius 2 is 2.00 bits per heavy atom. The van der Waals surface area contributed by atoms with Gasteiger partial charge in [0.05, 0.1) is 23.2 Å². The topological polar surface area (TPSA) is 157 Å². The zero-order chi connectivity index (χ0) is 24.9. The van der Waals surface area contributed by atoms with Crippen molar-refractivity contribution < 1.29 is 33.9 Å². The van der Waals surface area contributed by atoms with E-state index in [-0.39, 0.29) is 42.6 Å². The van der Waals surface area contributed by atoms with Crippen LogP contribution >= 0.6 is 11.3 Å². The van der Waals surface area contributed by atoms with E-state index in [4.69, 9.17) is 9.47 Å². The number of nitro benzene ring substituents is 1. The number of ketones is 1. The molecule has 0 bridgehead atoms. The average Bonchev–Trinajstić information content (AvgIpc) is 3.20. The number of fused-ring (bicyclic) bond motifs is 1. The monoisotopic (exact) mass is 503 g/mol. The fraction of sp³-hybridized carbons (Fsp3) is 0.435. The summed E-state index contributed by atoms with van der Waals surface area (Å²) in [4.78, 5) is 48.0. The highest BCUT2D eigenvalue weighted by atomic mass is 32.1. The standard InChI is InChI=1S/C23H25N3O8S/c27-17(9-13-5-1-2-6-16(13)26(31)32)21(28)24-11-14-10-15-18(12-34-14)35-22(20(15)23(29)30)25-19-7-3-4-8-33-19/h1-2,5-6,14,19,25H,3-4,7-12H2,(H,24,28)(H,29,30). The molecule has 2 atom stereocenters. The minimum Gasteiger partial charge on any atom is -0.478 e. The first-order valence-electron chi connectivity index (χ1n) is 11.2. The molecule has 186 valence electrons. The average molecular weight is 504 g/mol. The van der Waals surface area contributed by atoms with Crippen molar-refractivity contribution in [1.82, 2.24) is 5.32 Å². The SMILES string of the molecule is O=C(Cc1ccccc1[N+](=O)[O-])C(=O)NCC1Cc2c(sc(NC3CCCCO3)c2C(=O)O)CO1. The van der Waals surface area contributed by atoms with Crippen LogP contribution in [0.4, 0.5) is 10.7 Å². The molecule has 1 aromatic heterocycles. The Bertz CT molecular complexity index is 1140. The second-order valence-corrected chi connectivity index (χ2v) is 9.45. The van der Waals surface area contributed by atoms with Gasteiger partial charge in [-0.05, 0) is 24.8 Å². The number of anilines is 1. The van der Waals surface area contributed by atoms with Gasteiger partial charge in [0.1, 0.15) is 11.2 Å². The zero-order valence-corrected chi connectivity index (χ0v) is 19.6. The molecule has 1 aromatic carbocycles. The second-order valence-electron chi connectivity index (χ2n) is 8.35. The molecule has 2 aliphatic rings. The van der Waals surface area contributed by atoms with Gasteiger partial charge in [-0.3, -0.25) is 19.7 Å². The number of nitrogens with zero attached hydrogens (tertiary/aromatic N) is 1. The summed E-state index contributed by atoms with van der Waals surface area (Å²) in [5.74, 6) is -2.74. The lowest BCUT2D eigenvalue weighted by Crippen LogP contribution is -2.40. The number of aromatic carboxylic acids is 1. The number of hydrogen-bond acceptors (Lipinski definition) is 9. The summed E-state index contributed by atoms with van der Waals surface area (Å²) in [5.41, 5.74) is 0.768. The van der Waals surface area contributed by atoms with Gasteiger partial charge in [0, 0.05) is 42.5 Å². The van der Waals surface area contributed by atoms with Crippen LogP contribution in [0.15, 0.2) is 24.3 Å². The number of ether oxygens (including phenoxy) is 2. The highest BCUT2D eigenvalue weighted by Crippen LogP contribution is 2.38. The molecule has 12 heteroatoms. The number of thiophene rings is 1. The molecule has 1 amide bonds. The van der Waals surface area contributed by atoms with Gasteiger partial charge in [0.25, 0.3) is 11.6 Å². The maximum absolute atomic E-state index is 12.3. The number of hydrogen-bond donors (Lipinski definition) is 3. The second kappa shape index (κ2) is 10.9. The lowest BCUT2D eigenvalue weighted by Gasteiger charge is -2.24. The number of rotatable bonds is 9. The summed E-state index contributed by atoms with van der Waals surface area (Å²) in [5, 5.41) is 27.2. The first kappa shape index (κ1) is 24.8. The largest absolute Gasteiger partial charge is 0.478 e. The maximum atomic E-state index is 12.3. The van der Waals surface area contributed by atoms with Crippen molar-refractivity contribution in [2.75, 3.05) is 18.5 Å². The molecule has 3 heterocycles. The van der Waals surface area contributed by atoms with Gasteiger partial charge < -0.3 is 25.2 Å². The fourth-order valence-electron chi connectivity index (χ4n) is 4.18. The maximum Gasteiger partial charge on any atom is 0.338 e. The molecule has 2 aliphatic heterocycles. The van der Waals surface area contributed by atoms with Crippen LogP contribution in [0.25, 0.3) is 0 Å². The summed E-state index contributed by atoms with van der Waals surface area (Å²) in [6.45, 7) is 0.828. The Balaban J connectivity index is 1.37. The molecule has 11 nitrogen and oxygen atoms in total. The van der Waals surface area contributed by atoms with Crippen LogP contribution in [0.1, 0.15) is 45.6 Å². The summed E-state index contributed by atoms with van der Waals surface area (Å²) in [6, 6.07) is 5.76. The van der Waals surface area contributed by atoms with Gasteiger partial charge in [-0.1, -0.05) is 18.2 Å². The van der Waals surface area contributed by atoms with E-state index in [1.54, 1.807) is 6.07 Å². The van der Waals surface area contributed by atoms with Gasteiger partial charge in [0.15, 0.2) is 0 Å². The lowest BCUT2D eigenvalue weighted by atomic mass is 10.0. The Labute approximate surface area is 204 Å². The van der Waals surface area contributed by atoms with E-state index < -0.39 is 35.1 Å². The number of benzene rings is 1. The smallest absolute Gasteiger partial charge is 0.338 e. The van der Waals surface area contributed by atoms with Crippen molar-refractivity contribution in [1.29, 1.82) is 0 Å². The van der Waals surface area contributed by atoms with Crippen molar-refractivity contribution in [3.05, 3.63) is 55.9 Å². The van der Waals surface area contributed by atoms with Crippen LogP contribution in [0, 0.1) is 10.1 Å². The molecule has 3 N–H and O–H groups in total. The number of carbonyl (C=O) groups is 3. The molecule has 0 radical (unpaired) electrons. The van der Waals surface area contributed by atoms with E-state index in [1.807, 2.05) is 0 Å². The molecular formula is C23H25N3O8S. The third kappa shape index (κ3) is 5.84. The van der Waals surface area contributed by atoms with Crippen LogP contribution in [-0.4, -0.2) is 53.2 Å². The van der Waals surface area contributed by atoms with Gasteiger partial charge in [-0.15, -0.1) is 11.3 Å². The summed E-state index contributed by atoms with van der Waals surface area (Å²) < 4.78 is 11.5. The molecule has 1 fully saturated rings.